The van der Waals surface area contributed by atoms with E-state index in [0.29, 0.717) is 150 Å². The van der Waals surface area contributed by atoms with Gasteiger partial charge in [0.25, 0.3) is 0 Å². The van der Waals surface area contributed by atoms with Crippen molar-refractivity contribution in [2.24, 2.45) is 0 Å². The van der Waals surface area contributed by atoms with Crippen LogP contribution in [0.5, 0.6) is 23.1 Å². The van der Waals surface area contributed by atoms with E-state index in [4.69, 9.17) is 75.6 Å². The third-order valence-corrected chi connectivity index (χ3v) is 16.6. The number of benzene rings is 3. The largest absolute Gasteiger partial charge is 0.490 e. The maximum Gasteiger partial charge on any atom is 0.345 e. The van der Waals surface area contributed by atoms with Gasteiger partial charge in [-0.3, -0.25) is 4.90 Å². The predicted octanol–water partition coefficient (Wildman–Crippen LogP) is 9.92. The van der Waals surface area contributed by atoms with E-state index in [-0.39, 0.29) is 61.6 Å². The van der Waals surface area contributed by atoms with Gasteiger partial charge in [-0.2, -0.15) is 0 Å². The van der Waals surface area contributed by atoms with Gasteiger partial charge >= 0.3 is 5.97 Å². The summed E-state index contributed by atoms with van der Waals surface area (Å²) in [6.07, 6.45) is 3.26. The van der Waals surface area contributed by atoms with Crippen molar-refractivity contribution in [2.45, 2.75) is 64.0 Å². The van der Waals surface area contributed by atoms with E-state index in [9.17, 15) is 14.3 Å². The van der Waals surface area contributed by atoms with E-state index in [1.165, 1.54) is 29.8 Å². The SMILES string of the molecule is COCCOCCOCCOCCOCCOC[C@]1(F)CC=C(c2nccc(COc3ccc4cc3C[C@H](C(=O)O)Oc3ncnc5sc(-c6ccc(F)cc6)c(c35)-c3c(C)c(Cl)c(c(Cl)c3C)O[C@H](CN3CCN(C)CC3)CO4)n2)CC1. The van der Waals surface area contributed by atoms with Crippen LogP contribution in [0.4, 0.5) is 8.78 Å². The van der Waals surface area contributed by atoms with Crippen molar-refractivity contribution in [3.63, 3.8) is 0 Å². The van der Waals surface area contributed by atoms with Crippen LogP contribution in [0.2, 0.25) is 10.0 Å². The standard InChI is InChI=1S/C60H70Cl2F2N6O12S/c1-38-49-39(2)53(62)54(52(38)61)81-46(33-70-19-17-69(3)18-20-70)35-79-45-9-10-47(42(31-45)32-48(59(71)72)82-57-51-50(49)55(83-58(51)67-37-66-57)40-5-7-43(63)8-6-40)80-34-44-13-16-65-56(68-44)41-11-14-60(64,15-12-41)36-78-30-29-77-28-27-76-26-25-75-24-23-74-22-21-73-4/h5-11,13,16,31,37,46,48H,12,14-15,17-30,32-36H2,1-4H3,(H,71,72)/t46-,48-,60+/m1/s1. The molecule has 6 heterocycles. The summed E-state index contributed by atoms with van der Waals surface area (Å²) in [6.45, 7) is 11.9. The number of hydrogen-bond acceptors (Lipinski definition) is 18. The highest BCUT2D eigenvalue weighted by Crippen LogP contribution is 2.53. The van der Waals surface area contributed by atoms with Gasteiger partial charge in [0.05, 0.1) is 93.8 Å². The highest BCUT2D eigenvalue weighted by Gasteiger charge is 2.35. The van der Waals surface area contributed by atoms with E-state index in [1.54, 1.807) is 49.7 Å². The molecule has 1 saturated heterocycles. The quantitative estimate of drug-likeness (QED) is 0.0533. The number of nitrogens with zero attached hydrogens (tertiary/aromatic N) is 6. The van der Waals surface area contributed by atoms with Crippen molar-refractivity contribution in [3.05, 3.63) is 111 Å². The molecule has 83 heavy (non-hydrogen) atoms. The molecule has 18 nitrogen and oxygen atoms in total. The van der Waals surface area contributed by atoms with Crippen LogP contribution < -0.4 is 18.9 Å². The number of alkyl halides is 1. The van der Waals surface area contributed by atoms with E-state index < -0.39 is 29.7 Å². The second-order valence-electron chi connectivity index (χ2n) is 20.6. The van der Waals surface area contributed by atoms with Crippen LogP contribution in [0.25, 0.3) is 37.4 Å². The number of fused-ring (bicyclic) bond motifs is 7. The molecule has 3 aliphatic heterocycles. The Hall–Kier alpha value is -5.69. The molecule has 10 rings (SSSR count). The number of thiophene rings is 1. The van der Waals surface area contributed by atoms with E-state index in [2.05, 4.69) is 31.8 Å². The Morgan fingerprint density at radius 1 is 0.843 bits per heavy atom. The van der Waals surface area contributed by atoms with E-state index in [1.807, 2.05) is 19.9 Å². The molecular weight excluding hydrogens is 1140 g/mol. The number of piperazine rings is 1. The number of aliphatic carboxylic acids is 1. The zero-order valence-corrected chi connectivity index (χ0v) is 49.4. The number of allylic oxidation sites excluding steroid dienone is 2. The lowest BCUT2D eigenvalue weighted by Crippen LogP contribution is -2.49. The van der Waals surface area contributed by atoms with Crippen LogP contribution in [-0.2, 0) is 46.2 Å². The van der Waals surface area contributed by atoms with Gasteiger partial charge < -0.3 is 57.4 Å². The molecule has 1 fully saturated rings. The monoisotopic (exact) mass is 1210 g/mol. The molecule has 1 N–H and O–H groups in total. The molecule has 0 amide bonds. The summed E-state index contributed by atoms with van der Waals surface area (Å²) in [5.41, 5.74) is 3.43. The summed E-state index contributed by atoms with van der Waals surface area (Å²) in [5, 5.41) is 12.0. The maximum absolute atomic E-state index is 15.9. The van der Waals surface area contributed by atoms with Gasteiger partial charge in [-0.1, -0.05) is 41.4 Å². The Labute approximate surface area is 495 Å². The maximum atomic E-state index is 15.9. The summed E-state index contributed by atoms with van der Waals surface area (Å²) in [5.74, 6) is -0.143. The summed E-state index contributed by atoms with van der Waals surface area (Å²) < 4.78 is 89.4. The number of ether oxygens (including phenoxy) is 10. The molecule has 3 aromatic carbocycles. The Balaban J connectivity index is 0.909. The number of carbonyl (C=O) groups is 1. The van der Waals surface area contributed by atoms with Gasteiger partial charge in [0.2, 0.25) is 12.0 Å². The molecule has 446 valence electrons. The lowest BCUT2D eigenvalue weighted by molar-refractivity contribution is -0.145. The van der Waals surface area contributed by atoms with Gasteiger partial charge in [-0.05, 0) is 98.0 Å². The van der Waals surface area contributed by atoms with Crippen LogP contribution in [-0.4, -0.2) is 185 Å². The third kappa shape index (κ3) is 16.4. The first-order chi connectivity index (χ1) is 40.3. The highest BCUT2D eigenvalue weighted by molar-refractivity contribution is 7.22. The minimum absolute atomic E-state index is 0.000682. The Morgan fingerprint density at radius 2 is 1.52 bits per heavy atom. The number of halogens is 4. The van der Waals surface area contributed by atoms with E-state index >= 15 is 4.39 Å². The zero-order chi connectivity index (χ0) is 58.3. The fraction of sp³-hybridized carbons (Fsp3) is 0.483. The molecule has 0 unspecified atom stereocenters. The van der Waals surface area contributed by atoms with Gasteiger partial charge in [0.15, 0.2) is 11.6 Å². The Bertz CT molecular complexity index is 3140. The van der Waals surface area contributed by atoms with Crippen molar-refractivity contribution in [1.29, 1.82) is 0 Å². The van der Waals surface area contributed by atoms with Gasteiger partial charge in [0.1, 0.15) is 53.5 Å². The van der Waals surface area contributed by atoms with Crippen LogP contribution >= 0.6 is 34.5 Å². The summed E-state index contributed by atoms with van der Waals surface area (Å²) in [7, 11) is 3.72. The topological polar surface area (TPSA) is 188 Å². The van der Waals surface area contributed by atoms with Crippen molar-refractivity contribution in [2.75, 3.05) is 126 Å². The minimum atomic E-state index is -1.55. The molecule has 3 aromatic heterocycles. The summed E-state index contributed by atoms with van der Waals surface area (Å²) in [6, 6.07) is 13.0. The average Bonchev–Trinajstić information content (AvgIpc) is 2.06. The van der Waals surface area contributed by atoms with Gasteiger partial charge in [-0.25, -0.2) is 33.5 Å². The smallest absolute Gasteiger partial charge is 0.345 e. The molecule has 6 aromatic rings. The molecule has 0 spiro atoms. The molecule has 4 bridgehead atoms. The lowest BCUT2D eigenvalue weighted by atomic mass is 9.87. The number of carboxylic acids is 1. The lowest BCUT2D eigenvalue weighted by Gasteiger charge is -2.35. The molecule has 23 heteroatoms. The molecule has 0 saturated carbocycles. The number of rotatable bonds is 25. The normalized spacial score (nSPS) is 18.8. The van der Waals surface area contributed by atoms with Crippen molar-refractivity contribution < 1.29 is 66.1 Å². The van der Waals surface area contributed by atoms with E-state index in [0.717, 1.165) is 31.8 Å². The first kappa shape index (κ1) is 61.9. The van der Waals surface area contributed by atoms with Crippen molar-refractivity contribution in [3.8, 4) is 44.7 Å². The summed E-state index contributed by atoms with van der Waals surface area (Å²) in [4.78, 5) is 37.8. The fourth-order valence-corrected chi connectivity index (χ4v) is 11.6. The molecular formula is C60H70Cl2F2N6O12S. The van der Waals surface area contributed by atoms with Crippen molar-refractivity contribution >= 4 is 56.3 Å². The average molecular weight is 1210 g/mol. The minimum Gasteiger partial charge on any atom is -0.490 e. The number of methoxy groups -OCH3 is 1. The number of hydrogen-bond donors (Lipinski definition) is 1. The third-order valence-electron chi connectivity index (χ3n) is 14.6. The van der Waals surface area contributed by atoms with Crippen molar-refractivity contribution in [1.82, 2.24) is 29.7 Å². The second kappa shape index (κ2) is 29.9. The molecule has 0 radical (unpaired) electrons. The predicted molar refractivity (Wildman–Crippen MR) is 312 cm³/mol. The first-order valence-corrected chi connectivity index (χ1v) is 29.3. The molecule has 1 aliphatic carbocycles. The number of carboxylic acid groups (broad SMARTS) is 1. The van der Waals surface area contributed by atoms with Gasteiger partial charge in [0, 0.05) is 74.9 Å². The molecule has 3 atom stereocenters. The second-order valence-corrected chi connectivity index (χ2v) is 22.3. The highest BCUT2D eigenvalue weighted by atomic mass is 35.5. The summed E-state index contributed by atoms with van der Waals surface area (Å²) >= 11 is 16.0. The number of aromatic nitrogens is 4. The van der Waals surface area contributed by atoms with Gasteiger partial charge in [-0.15, -0.1) is 11.3 Å². The molecule has 4 aliphatic rings. The Kier molecular flexibility index (Phi) is 22.3. The van der Waals surface area contributed by atoms with Crippen LogP contribution in [0, 0.1) is 19.7 Å². The first-order valence-electron chi connectivity index (χ1n) is 27.7. The fourth-order valence-electron chi connectivity index (χ4n) is 9.98. The Morgan fingerprint density at radius 3 is 2.17 bits per heavy atom. The number of likely N-dealkylation sites (N-methyl/N-ethyl adjacent to an activating group) is 1. The van der Waals surface area contributed by atoms with Crippen LogP contribution in [0.1, 0.15) is 47.5 Å². The zero-order valence-electron chi connectivity index (χ0n) is 47.1. The van der Waals surface area contributed by atoms with Crippen LogP contribution in [0.3, 0.4) is 0 Å². The van der Waals surface area contributed by atoms with Crippen LogP contribution in [0.15, 0.2) is 67.1 Å².